The van der Waals surface area contributed by atoms with Gasteiger partial charge < -0.3 is 25.6 Å². The van der Waals surface area contributed by atoms with Crippen molar-refractivity contribution in [2.75, 3.05) is 17.2 Å². The number of nitrogens with one attached hydrogen (secondary N) is 3. The Morgan fingerprint density at radius 1 is 1.15 bits per heavy atom. The maximum absolute atomic E-state index is 15.8. The van der Waals surface area contributed by atoms with E-state index in [1.807, 2.05) is 20.8 Å². The second-order valence-electron chi connectivity index (χ2n) is 11.8. The summed E-state index contributed by atoms with van der Waals surface area (Å²) in [6.45, 7) is 5.99. The normalized spacial score (nSPS) is 23.5. The molecule has 3 aromatic rings. The molecule has 0 bridgehead atoms. The van der Waals surface area contributed by atoms with E-state index in [1.54, 1.807) is 36.4 Å². The smallest absolute Gasteiger partial charge is 0.252 e. The average molecular weight is 602 g/mol. The number of carbonyl (C=O) groups excluding carboxylic acids is 2. The van der Waals surface area contributed by atoms with Gasteiger partial charge in [0.1, 0.15) is 11.2 Å². The zero-order valence-electron chi connectivity index (χ0n) is 22.8. The lowest BCUT2D eigenvalue weighted by atomic mass is 9.62. The molecule has 11 heteroatoms. The number of anilines is 2. The van der Waals surface area contributed by atoms with Crippen molar-refractivity contribution < 1.29 is 19.1 Å². The van der Waals surface area contributed by atoms with Gasteiger partial charge >= 0.3 is 0 Å². The minimum Gasteiger partial charge on any atom is -0.395 e. The van der Waals surface area contributed by atoms with E-state index in [4.69, 9.17) is 23.2 Å². The number of benzene rings is 2. The molecule has 0 saturated carbocycles. The SMILES string of the molecule is CC(C)(C)CC1NC(C(=O)Nc2ccn(CCO)c(=O)c2)C(c2cccc(Cl)c2F)C12C(=O)Nc1cc(Cl)ccc12. The molecular formula is C30H31Cl2FN4O4. The summed E-state index contributed by atoms with van der Waals surface area (Å²) in [5.74, 6) is -2.63. The highest BCUT2D eigenvalue weighted by atomic mass is 35.5. The summed E-state index contributed by atoms with van der Waals surface area (Å²) in [5, 5.41) is 18.6. The Labute approximate surface area is 246 Å². The van der Waals surface area contributed by atoms with Crippen molar-refractivity contribution in [1.29, 1.82) is 0 Å². The minimum absolute atomic E-state index is 0.114. The number of aliphatic hydroxyl groups excluding tert-OH is 1. The third kappa shape index (κ3) is 5.16. The first-order valence-corrected chi connectivity index (χ1v) is 14.1. The Bertz CT molecular complexity index is 1590. The van der Waals surface area contributed by atoms with Gasteiger partial charge in [-0.05, 0) is 47.2 Å². The van der Waals surface area contributed by atoms with Gasteiger partial charge in [0.05, 0.1) is 17.7 Å². The molecule has 0 radical (unpaired) electrons. The van der Waals surface area contributed by atoms with Crippen LogP contribution in [0.3, 0.4) is 0 Å². The van der Waals surface area contributed by atoms with Gasteiger partial charge in [-0.2, -0.15) is 0 Å². The first-order chi connectivity index (χ1) is 19.4. The van der Waals surface area contributed by atoms with Crippen molar-refractivity contribution >= 4 is 46.4 Å². The number of hydrogen-bond acceptors (Lipinski definition) is 5. The predicted molar refractivity (Wildman–Crippen MR) is 157 cm³/mol. The Balaban J connectivity index is 1.68. The van der Waals surface area contributed by atoms with Crippen molar-refractivity contribution in [3.05, 3.63) is 92.1 Å². The van der Waals surface area contributed by atoms with E-state index in [0.29, 0.717) is 22.7 Å². The Kier molecular flexibility index (Phi) is 7.76. The molecule has 4 unspecified atom stereocenters. The van der Waals surface area contributed by atoms with Crippen molar-refractivity contribution in [1.82, 2.24) is 9.88 Å². The molecular weight excluding hydrogens is 570 g/mol. The molecule has 8 nitrogen and oxygen atoms in total. The fourth-order valence-corrected chi connectivity index (χ4v) is 6.60. The lowest BCUT2D eigenvalue weighted by Gasteiger charge is -2.37. The second kappa shape index (κ2) is 10.9. The van der Waals surface area contributed by atoms with Crippen LogP contribution in [0.2, 0.25) is 10.0 Å². The van der Waals surface area contributed by atoms with Crippen LogP contribution >= 0.6 is 23.2 Å². The number of aliphatic hydroxyl groups is 1. The second-order valence-corrected chi connectivity index (χ2v) is 12.6. The van der Waals surface area contributed by atoms with Crippen molar-refractivity contribution in [3.8, 4) is 0 Å². The number of fused-ring (bicyclic) bond motifs is 2. The van der Waals surface area contributed by atoms with Crippen LogP contribution in [-0.4, -0.2) is 40.2 Å². The number of halogens is 3. The largest absolute Gasteiger partial charge is 0.395 e. The molecule has 216 valence electrons. The lowest BCUT2D eigenvalue weighted by molar-refractivity contribution is -0.122. The number of aromatic nitrogens is 1. The predicted octanol–water partition coefficient (Wildman–Crippen LogP) is 4.68. The molecule has 2 aliphatic rings. The zero-order chi connectivity index (χ0) is 29.7. The third-order valence-corrected chi connectivity index (χ3v) is 8.35. The van der Waals surface area contributed by atoms with Crippen LogP contribution in [0.15, 0.2) is 59.5 Å². The standard InChI is InChI=1S/C30H31Cl2FN4O4/c1-29(2,3)15-22-30(19-8-7-16(31)13-21(19)35-28(30)41)24(18-5-4-6-20(32)25(18)33)26(36-22)27(40)34-17-9-10-37(11-12-38)23(39)14-17/h4-10,13-14,22,24,26,36,38H,11-12,15H2,1-3H3,(H,34,40)(H,35,41). The summed E-state index contributed by atoms with van der Waals surface area (Å²) in [4.78, 5) is 40.7. The summed E-state index contributed by atoms with van der Waals surface area (Å²) < 4.78 is 17.2. The van der Waals surface area contributed by atoms with E-state index >= 15 is 4.39 Å². The third-order valence-electron chi connectivity index (χ3n) is 7.83. The lowest BCUT2D eigenvalue weighted by Crippen LogP contribution is -2.49. The molecule has 3 heterocycles. The van der Waals surface area contributed by atoms with E-state index in [1.165, 1.54) is 22.9 Å². The molecule has 2 amide bonds. The molecule has 0 aliphatic carbocycles. The van der Waals surface area contributed by atoms with Crippen LogP contribution in [-0.2, 0) is 21.5 Å². The summed E-state index contributed by atoms with van der Waals surface area (Å²) in [5.41, 5.74) is -0.595. The van der Waals surface area contributed by atoms with Gasteiger partial charge in [-0.3, -0.25) is 14.4 Å². The number of carbonyl (C=O) groups is 2. The van der Waals surface area contributed by atoms with Gasteiger partial charge in [-0.25, -0.2) is 4.39 Å². The molecule has 1 saturated heterocycles. The molecule has 2 aromatic carbocycles. The van der Waals surface area contributed by atoms with E-state index in [2.05, 4.69) is 16.0 Å². The quantitative estimate of drug-likeness (QED) is 0.328. The van der Waals surface area contributed by atoms with Crippen LogP contribution in [0.5, 0.6) is 0 Å². The molecule has 4 N–H and O–H groups in total. The van der Waals surface area contributed by atoms with E-state index in [0.717, 1.165) is 0 Å². The van der Waals surface area contributed by atoms with Crippen LogP contribution in [0.4, 0.5) is 15.8 Å². The highest BCUT2D eigenvalue weighted by molar-refractivity contribution is 6.31. The maximum atomic E-state index is 15.8. The number of rotatable bonds is 6. The number of pyridine rings is 1. The van der Waals surface area contributed by atoms with E-state index in [9.17, 15) is 19.5 Å². The average Bonchev–Trinajstić information content (AvgIpc) is 3.36. The van der Waals surface area contributed by atoms with E-state index < -0.39 is 40.7 Å². The van der Waals surface area contributed by atoms with Crippen LogP contribution in [0.25, 0.3) is 0 Å². The topological polar surface area (TPSA) is 112 Å². The Hall–Kier alpha value is -3.24. The monoisotopic (exact) mass is 600 g/mol. The zero-order valence-corrected chi connectivity index (χ0v) is 24.3. The van der Waals surface area contributed by atoms with Crippen LogP contribution in [0.1, 0.15) is 44.2 Å². The Morgan fingerprint density at radius 2 is 1.90 bits per heavy atom. The van der Waals surface area contributed by atoms with Crippen molar-refractivity contribution in [2.45, 2.75) is 57.2 Å². The summed E-state index contributed by atoms with van der Waals surface area (Å²) in [6.07, 6.45) is 1.95. The number of amides is 2. The van der Waals surface area contributed by atoms with Crippen LogP contribution < -0.4 is 21.5 Å². The maximum Gasteiger partial charge on any atom is 0.252 e. The fourth-order valence-electron chi connectivity index (χ4n) is 6.25. The van der Waals surface area contributed by atoms with Gasteiger partial charge in [-0.15, -0.1) is 0 Å². The molecule has 1 aromatic heterocycles. The van der Waals surface area contributed by atoms with Crippen molar-refractivity contribution in [3.63, 3.8) is 0 Å². The molecule has 1 fully saturated rings. The molecule has 1 spiro atoms. The Morgan fingerprint density at radius 3 is 2.59 bits per heavy atom. The minimum atomic E-state index is -1.38. The molecule has 2 aliphatic heterocycles. The summed E-state index contributed by atoms with van der Waals surface area (Å²) in [7, 11) is 0. The number of hydrogen-bond donors (Lipinski definition) is 4. The van der Waals surface area contributed by atoms with Gasteiger partial charge in [0.2, 0.25) is 11.8 Å². The van der Waals surface area contributed by atoms with Gasteiger partial charge in [0.25, 0.3) is 5.56 Å². The summed E-state index contributed by atoms with van der Waals surface area (Å²) in [6, 6.07) is 10.8. The first kappa shape index (κ1) is 29.3. The van der Waals surface area contributed by atoms with Crippen LogP contribution in [0, 0.1) is 11.2 Å². The first-order valence-electron chi connectivity index (χ1n) is 13.3. The van der Waals surface area contributed by atoms with Gasteiger partial charge in [-0.1, -0.05) is 62.2 Å². The molecule has 5 rings (SSSR count). The van der Waals surface area contributed by atoms with Crippen molar-refractivity contribution in [2.24, 2.45) is 5.41 Å². The summed E-state index contributed by atoms with van der Waals surface area (Å²) >= 11 is 12.5. The molecule has 4 atom stereocenters. The van der Waals surface area contributed by atoms with Gasteiger partial charge in [0, 0.05) is 47.2 Å². The number of nitrogens with zero attached hydrogens (tertiary/aromatic N) is 1. The van der Waals surface area contributed by atoms with Gasteiger partial charge in [0.15, 0.2) is 0 Å². The highest BCUT2D eigenvalue weighted by Crippen LogP contribution is 2.57. The highest BCUT2D eigenvalue weighted by Gasteiger charge is 2.66. The fraction of sp³-hybridized carbons (Fsp3) is 0.367. The molecule has 41 heavy (non-hydrogen) atoms. The van der Waals surface area contributed by atoms with E-state index in [-0.39, 0.29) is 40.7 Å².